The maximum Gasteiger partial charge on any atom is 0.253 e. The molecule has 1 N–H and O–H groups in total. The molecular weight excluding hydrogens is 206 g/mol. The molecule has 0 aliphatic rings. The van der Waals surface area contributed by atoms with E-state index in [0.29, 0.717) is 5.75 Å². The number of hydrogen-bond acceptors (Lipinski definition) is 4. The van der Waals surface area contributed by atoms with E-state index in [9.17, 15) is 4.79 Å². The zero-order valence-corrected chi connectivity index (χ0v) is 8.91. The Kier molecular flexibility index (Phi) is 4.88. The van der Waals surface area contributed by atoms with Crippen LogP contribution < -0.4 is 5.48 Å². The molecule has 1 aromatic rings. The van der Waals surface area contributed by atoms with Gasteiger partial charge in [-0.1, -0.05) is 6.07 Å². The van der Waals surface area contributed by atoms with Gasteiger partial charge in [-0.3, -0.25) is 9.63 Å². The van der Waals surface area contributed by atoms with Crippen LogP contribution in [0.1, 0.15) is 4.88 Å². The predicted molar refractivity (Wildman–Crippen MR) is 55.6 cm³/mol. The van der Waals surface area contributed by atoms with Crippen LogP contribution in [0.15, 0.2) is 17.5 Å². The van der Waals surface area contributed by atoms with Crippen molar-refractivity contribution in [2.45, 2.75) is 5.75 Å². The topological polar surface area (TPSA) is 38.3 Å². The standard InChI is InChI=1S/C8H11NO2S2/c1-11-9-8(10)6-12-5-7-3-2-4-13-7/h2-4H,5-6H2,1H3,(H,9,10). The number of hydroxylamine groups is 1. The van der Waals surface area contributed by atoms with Gasteiger partial charge in [-0.2, -0.15) is 0 Å². The van der Waals surface area contributed by atoms with Gasteiger partial charge in [0.1, 0.15) is 0 Å². The monoisotopic (exact) mass is 217 g/mol. The lowest BCUT2D eigenvalue weighted by molar-refractivity contribution is -0.128. The zero-order valence-electron chi connectivity index (χ0n) is 7.28. The quantitative estimate of drug-likeness (QED) is 0.762. The molecular formula is C8H11NO2S2. The molecule has 0 aliphatic carbocycles. The fourth-order valence-electron chi connectivity index (χ4n) is 0.782. The summed E-state index contributed by atoms with van der Waals surface area (Å²) in [6, 6.07) is 4.07. The van der Waals surface area contributed by atoms with Crippen LogP contribution in [0.3, 0.4) is 0 Å². The second-order valence-corrected chi connectivity index (χ2v) is 4.32. The normalized spacial score (nSPS) is 9.92. The van der Waals surface area contributed by atoms with Gasteiger partial charge in [0, 0.05) is 10.6 Å². The van der Waals surface area contributed by atoms with E-state index >= 15 is 0 Å². The van der Waals surface area contributed by atoms with Crippen molar-refractivity contribution in [1.82, 2.24) is 5.48 Å². The summed E-state index contributed by atoms with van der Waals surface area (Å²) in [4.78, 5) is 16.7. The minimum absolute atomic E-state index is 0.0935. The van der Waals surface area contributed by atoms with Crippen LogP contribution in [-0.4, -0.2) is 18.8 Å². The van der Waals surface area contributed by atoms with Gasteiger partial charge in [0.05, 0.1) is 12.9 Å². The lowest BCUT2D eigenvalue weighted by atomic mass is 10.5. The van der Waals surface area contributed by atoms with Crippen LogP contribution in [0.2, 0.25) is 0 Å². The smallest absolute Gasteiger partial charge is 0.253 e. The fourth-order valence-corrected chi connectivity index (χ4v) is 2.44. The average molecular weight is 217 g/mol. The number of hydrogen-bond donors (Lipinski definition) is 1. The Bertz CT molecular complexity index is 249. The van der Waals surface area contributed by atoms with Gasteiger partial charge >= 0.3 is 0 Å². The first-order chi connectivity index (χ1) is 6.33. The Morgan fingerprint density at radius 1 is 1.77 bits per heavy atom. The number of carbonyl (C=O) groups is 1. The minimum Gasteiger partial charge on any atom is -0.277 e. The summed E-state index contributed by atoms with van der Waals surface area (Å²) < 4.78 is 0. The number of nitrogens with one attached hydrogen (secondary N) is 1. The summed E-state index contributed by atoms with van der Waals surface area (Å²) >= 11 is 3.28. The van der Waals surface area contributed by atoms with Gasteiger partial charge in [-0.25, -0.2) is 5.48 Å². The van der Waals surface area contributed by atoms with Crippen LogP contribution in [-0.2, 0) is 15.4 Å². The van der Waals surface area contributed by atoms with Crippen LogP contribution in [0.5, 0.6) is 0 Å². The van der Waals surface area contributed by atoms with Crippen molar-refractivity contribution in [2.75, 3.05) is 12.9 Å². The first-order valence-electron chi connectivity index (χ1n) is 3.75. The molecule has 0 aliphatic heterocycles. The van der Waals surface area contributed by atoms with Gasteiger partial charge in [-0.05, 0) is 11.4 Å². The average Bonchev–Trinajstić information content (AvgIpc) is 2.57. The first kappa shape index (κ1) is 10.6. The molecule has 0 saturated carbocycles. The van der Waals surface area contributed by atoms with Gasteiger partial charge in [-0.15, -0.1) is 23.1 Å². The molecule has 0 bridgehead atoms. The molecule has 0 spiro atoms. The van der Waals surface area contributed by atoms with Crippen LogP contribution in [0, 0.1) is 0 Å². The SMILES string of the molecule is CONC(=O)CSCc1cccs1. The van der Waals surface area contributed by atoms with Crippen molar-refractivity contribution in [3.8, 4) is 0 Å². The summed E-state index contributed by atoms with van der Waals surface area (Å²) in [6.07, 6.45) is 0. The second kappa shape index (κ2) is 6.01. The fraction of sp³-hybridized carbons (Fsp3) is 0.375. The highest BCUT2D eigenvalue weighted by Gasteiger charge is 2.00. The molecule has 1 amide bonds. The molecule has 1 aromatic heterocycles. The van der Waals surface area contributed by atoms with Gasteiger partial charge < -0.3 is 0 Å². The Labute approximate surface area is 85.4 Å². The first-order valence-corrected chi connectivity index (χ1v) is 5.78. The summed E-state index contributed by atoms with van der Waals surface area (Å²) in [5.74, 6) is 1.23. The van der Waals surface area contributed by atoms with Crippen LogP contribution in [0.25, 0.3) is 0 Å². The van der Waals surface area contributed by atoms with E-state index in [4.69, 9.17) is 0 Å². The third-order valence-electron chi connectivity index (χ3n) is 1.27. The molecule has 1 heterocycles. The highest BCUT2D eigenvalue weighted by molar-refractivity contribution is 7.99. The van der Waals surface area contributed by atoms with Gasteiger partial charge in [0.2, 0.25) is 0 Å². The third-order valence-corrected chi connectivity index (χ3v) is 3.31. The van der Waals surface area contributed by atoms with Crippen LogP contribution in [0.4, 0.5) is 0 Å². The molecule has 1 rings (SSSR count). The molecule has 0 atom stereocenters. The molecule has 0 aromatic carbocycles. The highest BCUT2D eigenvalue weighted by atomic mass is 32.2. The summed E-state index contributed by atoms with van der Waals surface area (Å²) in [6.45, 7) is 0. The maximum absolute atomic E-state index is 10.9. The molecule has 0 fully saturated rings. The molecule has 0 unspecified atom stereocenters. The number of amides is 1. The Morgan fingerprint density at radius 2 is 2.62 bits per heavy atom. The largest absolute Gasteiger partial charge is 0.277 e. The van der Waals surface area contributed by atoms with E-state index in [1.54, 1.807) is 23.1 Å². The molecule has 3 nitrogen and oxygen atoms in total. The van der Waals surface area contributed by atoms with E-state index in [-0.39, 0.29) is 5.91 Å². The second-order valence-electron chi connectivity index (χ2n) is 2.30. The Morgan fingerprint density at radius 3 is 3.23 bits per heavy atom. The lowest BCUT2D eigenvalue weighted by Gasteiger charge is -2.00. The van der Waals surface area contributed by atoms with E-state index in [1.165, 1.54) is 12.0 Å². The highest BCUT2D eigenvalue weighted by Crippen LogP contribution is 2.16. The van der Waals surface area contributed by atoms with E-state index < -0.39 is 0 Å². The number of carbonyl (C=O) groups excluding carboxylic acids is 1. The van der Waals surface area contributed by atoms with Crippen molar-refractivity contribution in [1.29, 1.82) is 0 Å². The van der Waals surface area contributed by atoms with Crippen molar-refractivity contribution < 1.29 is 9.63 Å². The van der Waals surface area contributed by atoms with Crippen molar-refractivity contribution >= 4 is 29.0 Å². The molecule has 5 heteroatoms. The summed E-state index contributed by atoms with van der Waals surface area (Å²) in [5.41, 5.74) is 2.27. The number of rotatable bonds is 5. The molecule has 13 heavy (non-hydrogen) atoms. The predicted octanol–water partition coefficient (Wildman–Crippen LogP) is 1.66. The van der Waals surface area contributed by atoms with E-state index in [2.05, 4.69) is 16.4 Å². The van der Waals surface area contributed by atoms with Crippen LogP contribution >= 0.6 is 23.1 Å². The minimum atomic E-state index is -0.0935. The van der Waals surface area contributed by atoms with Gasteiger partial charge in [0.15, 0.2) is 0 Å². The third kappa shape index (κ3) is 4.31. The maximum atomic E-state index is 10.9. The van der Waals surface area contributed by atoms with E-state index in [1.807, 2.05) is 11.4 Å². The number of thiophene rings is 1. The summed E-state index contributed by atoms with van der Waals surface area (Å²) in [7, 11) is 1.43. The Balaban J connectivity index is 2.11. The Hall–Kier alpha value is -0.520. The zero-order chi connectivity index (χ0) is 9.52. The molecule has 0 radical (unpaired) electrons. The lowest BCUT2D eigenvalue weighted by Crippen LogP contribution is -2.23. The van der Waals surface area contributed by atoms with Crippen molar-refractivity contribution in [2.24, 2.45) is 0 Å². The molecule has 0 saturated heterocycles. The van der Waals surface area contributed by atoms with E-state index in [0.717, 1.165) is 5.75 Å². The number of thioether (sulfide) groups is 1. The summed E-state index contributed by atoms with van der Waals surface area (Å²) in [5, 5.41) is 2.03. The molecule has 72 valence electrons. The van der Waals surface area contributed by atoms with Crippen molar-refractivity contribution in [3.63, 3.8) is 0 Å². The van der Waals surface area contributed by atoms with Gasteiger partial charge in [0.25, 0.3) is 5.91 Å². The van der Waals surface area contributed by atoms with Crippen molar-refractivity contribution in [3.05, 3.63) is 22.4 Å².